The van der Waals surface area contributed by atoms with Crippen molar-refractivity contribution in [1.82, 2.24) is 5.32 Å². The molecule has 1 nitrogen and oxygen atoms in total. The highest BCUT2D eigenvalue weighted by Crippen LogP contribution is 2.22. The van der Waals surface area contributed by atoms with Gasteiger partial charge in [0.1, 0.15) is 0 Å². The van der Waals surface area contributed by atoms with Crippen LogP contribution in [0.25, 0.3) is 0 Å². The Morgan fingerprint density at radius 1 is 1.40 bits per heavy atom. The zero-order valence-corrected chi connectivity index (χ0v) is 10.3. The Morgan fingerprint density at radius 2 is 2.33 bits per heavy atom. The Bertz CT molecular complexity index is 343. The molecule has 1 aromatic rings. The van der Waals surface area contributed by atoms with Crippen LogP contribution in [0.5, 0.6) is 0 Å². The third-order valence-corrected chi connectivity index (χ3v) is 3.92. The van der Waals surface area contributed by atoms with Crippen LogP contribution in [0.15, 0.2) is 23.8 Å². The van der Waals surface area contributed by atoms with Crippen LogP contribution < -0.4 is 5.32 Å². The maximum absolute atomic E-state index is 5.86. The minimum absolute atomic E-state index is 0.880. The molecule has 3 heteroatoms. The number of halogens is 1. The minimum atomic E-state index is 0.880. The van der Waals surface area contributed by atoms with E-state index in [9.17, 15) is 0 Å². The van der Waals surface area contributed by atoms with Crippen molar-refractivity contribution in [1.29, 1.82) is 0 Å². The molecule has 0 saturated heterocycles. The van der Waals surface area contributed by atoms with Gasteiger partial charge in [0.2, 0.25) is 0 Å². The SMILES string of the molecule is Clc1ccc(CNCCC2=CCCC2)s1. The van der Waals surface area contributed by atoms with Crippen molar-refractivity contribution in [2.24, 2.45) is 0 Å². The molecule has 1 aromatic heterocycles. The molecule has 15 heavy (non-hydrogen) atoms. The van der Waals surface area contributed by atoms with Gasteiger partial charge in [0.25, 0.3) is 0 Å². The Labute approximate surface area is 100 Å². The number of allylic oxidation sites excluding steroid dienone is 1. The molecule has 0 aromatic carbocycles. The van der Waals surface area contributed by atoms with Gasteiger partial charge in [0.05, 0.1) is 4.34 Å². The molecule has 0 radical (unpaired) electrons. The van der Waals surface area contributed by atoms with Crippen LogP contribution in [0.3, 0.4) is 0 Å². The van der Waals surface area contributed by atoms with Gasteiger partial charge in [-0.3, -0.25) is 0 Å². The molecule has 2 rings (SSSR count). The lowest BCUT2D eigenvalue weighted by atomic mass is 10.2. The van der Waals surface area contributed by atoms with Crippen molar-refractivity contribution in [3.63, 3.8) is 0 Å². The van der Waals surface area contributed by atoms with Gasteiger partial charge in [-0.25, -0.2) is 0 Å². The molecule has 0 amide bonds. The Morgan fingerprint density at radius 3 is 3.00 bits per heavy atom. The van der Waals surface area contributed by atoms with Crippen LogP contribution >= 0.6 is 22.9 Å². The third kappa shape index (κ3) is 3.63. The predicted octanol–water partition coefficient (Wildman–Crippen LogP) is 3.99. The van der Waals surface area contributed by atoms with Crippen LogP contribution in [-0.4, -0.2) is 6.54 Å². The highest BCUT2D eigenvalue weighted by Gasteiger charge is 2.03. The van der Waals surface area contributed by atoms with Crippen molar-refractivity contribution in [2.45, 2.75) is 32.2 Å². The molecule has 0 bridgehead atoms. The number of thiophene rings is 1. The highest BCUT2D eigenvalue weighted by atomic mass is 35.5. The molecule has 82 valence electrons. The summed E-state index contributed by atoms with van der Waals surface area (Å²) in [6.45, 7) is 2.03. The first-order valence-corrected chi connectivity index (χ1v) is 6.67. The van der Waals surface area contributed by atoms with Crippen molar-refractivity contribution >= 4 is 22.9 Å². The summed E-state index contributed by atoms with van der Waals surface area (Å²) < 4.78 is 0.880. The molecule has 0 fully saturated rings. The van der Waals surface area contributed by atoms with E-state index in [0.717, 1.165) is 17.4 Å². The first-order valence-electron chi connectivity index (χ1n) is 5.47. The van der Waals surface area contributed by atoms with Gasteiger partial charge in [-0.2, -0.15) is 0 Å². The molecule has 0 unspecified atom stereocenters. The molecule has 0 saturated carbocycles. The summed E-state index contributed by atoms with van der Waals surface area (Å²) in [6, 6.07) is 4.05. The van der Waals surface area contributed by atoms with Gasteiger partial charge in [-0.05, 0) is 44.4 Å². The van der Waals surface area contributed by atoms with Crippen LogP contribution in [0.1, 0.15) is 30.6 Å². The molecule has 1 N–H and O–H groups in total. The molecule has 0 spiro atoms. The van der Waals surface area contributed by atoms with Gasteiger partial charge < -0.3 is 5.32 Å². The first kappa shape index (κ1) is 11.2. The van der Waals surface area contributed by atoms with Gasteiger partial charge in [-0.15, -0.1) is 11.3 Å². The summed E-state index contributed by atoms with van der Waals surface area (Å²) in [6.07, 6.45) is 7.56. The van der Waals surface area contributed by atoms with Crippen LogP contribution in [0.2, 0.25) is 4.34 Å². The Hall–Kier alpha value is -0.310. The molecule has 1 aliphatic carbocycles. The monoisotopic (exact) mass is 241 g/mol. The third-order valence-electron chi connectivity index (χ3n) is 2.69. The zero-order chi connectivity index (χ0) is 10.5. The van der Waals surface area contributed by atoms with E-state index < -0.39 is 0 Å². The van der Waals surface area contributed by atoms with Crippen molar-refractivity contribution in [3.05, 3.63) is 33.0 Å². The van der Waals surface area contributed by atoms with E-state index in [-0.39, 0.29) is 0 Å². The van der Waals surface area contributed by atoms with E-state index in [2.05, 4.69) is 17.5 Å². The topological polar surface area (TPSA) is 12.0 Å². The smallest absolute Gasteiger partial charge is 0.0931 e. The summed E-state index contributed by atoms with van der Waals surface area (Å²) in [5.74, 6) is 0. The van der Waals surface area contributed by atoms with Gasteiger partial charge in [0.15, 0.2) is 0 Å². The first-order chi connectivity index (χ1) is 7.34. The lowest BCUT2D eigenvalue weighted by Gasteiger charge is -2.03. The van der Waals surface area contributed by atoms with E-state index in [4.69, 9.17) is 11.6 Å². The number of nitrogens with one attached hydrogen (secondary N) is 1. The largest absolute Gasteiger partial charge is 0.312 e. The molecule has 0 aliphatic heterocycles. The van der Waals surface area contributed by atoms with E-state index >= 15 is 0 Å². The van der Waals surface area contributed by atoms with E-state index in [1.807, 2.05) is 6.07 Å². The fourth-order valence-corrected chi connectivity index (χ4v) is 2.93. The van der Waals surface area contributed by atoms with Crippen molar-refractivity contribution < 1.29 is 0 Å². The Balaban J connectivity index is 1.62. The molecule has 1 aliphatic rings. The van der Waals surface area contributed by atoms with Crippen LogP contribution in [0.4, 0.5) is 0 Å². The fraction of sp³-hybridized carbons (Fsp3) is 0.500. The molecule has 1 heterocycles. The molecular weight excluding hydrogens is 226 g/mol. The second kappa shape index (κ2) is 5.69. The van der Waals surface area contributed by atoms with Gasteiger partial charge >= 0.3 is 0 Å². The second-order valence-corrected chi connectivity index (χ2v) is 5.69. The molecular formula is C12H16ClNS. The summed E-state index contributed by atoms with van der Waals surface area (Å²) >= 11 is 7.52. The number of hydrogen-bond acceptors (Lipinski definition) is 2. The van der Waals surface area contributed by atoms with Crippen molar-refractivity contribution in [2.75, 3.05) is 6.54 Å². The molecule has 0 atom stereocenters. The normalized spacial score (nSPS) is 15.7. The van der Waals surface area contributed by atoms with Crippen LogP contribution in [-0.2, 0) is 6.54 Å². The summed E-state index contributed by atoms with van der Waals surface area (Å²) in [4.78, 5) is 1.32. The van der Waals surface area contributed by atoms with Gasteiger partial charge in [-0.1, -0.05) is 23.3 Å². The number of rotatable bonds is 5. The fourth-order valence-electron chi connectivity index (χ4n) is 1.87. The minimum Gasteiger partial charge on any atom is -0.312 e. The standard InChI is InChI=1S/C12H16ClNS/c13-12-6-5-11(15-12)9-14-8-7-10-3-1-2-4-10/h3,5-6,14H,1-2,4,7-9H2. The van der Waals surface area contributed by atoms with Gasteiger partial charge in [0, 0.05) is 11.4 Å². The highest BCUT2D eigenvalue weighted by molar-refractivity contribution is 7.16. The summed E-state index contributed by atoms with van der Waals surface area (Å²) in [5, 5.41) is 3.45. The lowest BCUT2D eigenvalue weighted by molar-refractivity contribution is 0.682. The second-order valence-electron chi connectivity index (χ2n) is 3.89. The summed E-state index contributed by atoms with van der Waals surface area (Å²) in [5.41, 5.74) is 1.63. The average molecular weight is 242 g/mol. The van der Waals surface area contributed by atoms with E-state index in [1.54, 1.807) is 16.9 Å². The summed E-state index contributed by atoms with van der Waals surface area (Å²) in [7, 11) is 0. The Kier molecular flexibility index (Phi) is 4.24. The average Bonchev–Trinajstić information content (AvgIpc) is 2.84. The van der Waals surface area contributed by atoms with Crippen LogP contribution in [0, 0.1) is 0 Å². The predicted molar refractivity (Wildman–Crippen MR) is 67.6 cm³/mol. The lowest BCUT2D eigenvalue weighted by Crippen LogP contribution is -2.14. The maximum Gasteiger partial charge on any atom is 0.0931 e. The quantitative estimate of drug-likeness (QED) is 0.607. The van der Waals surface area contributed by atoms with E-state index in [1.165, 1.54) is 30.6 Å². The van der Waals surface area contributed by atoms with Crippen molar-refractivity contribution in [3.8, 4) is 0 Å². The maximum atomic E-state index is 5.86. The van der Waals surface area contributed by atoms with E-state index in [0.29, 0.717) is 0 Å². The zero-order valence-electron chi connectivity index (χ0n) is 8.76. The number of hydrogen-bond donors (Lipinski definition) is 1.